The van der Waals surface area contributed by atoms with E-state index in [0.717, 1.165) is 25.7 Å². The van der Waals surface area contributed by atoms with Crippen LogP contribution in [0.15, 0.2) is 34.3 Å². The zero-order chi connectivity index (χ0) is 28.4. The van der Waals surface area contributed by atoms with Gasteiger partial charge in [0.05, 0.1) is 21.9 Å². The Hall–Kier alpha value is -3.82. The largest absolute Gasteiger partial charge is 0.507 e. The first-order chi connectivity index (χ1) is 17.6. The first kappa shape index (κ1) is 28.7. The van der Waals surface area contributed by atoms with E-state index >= 15 is 0 Å². The number of hydrogen-bond donors (Lipinski definition) is 2. The standard InChI is InChI=1S/C28H36N4O6/c1-27(2,3)21-13-19(31(35)36)11-17(25(21)33)15-29-23-9-7-8-10-24(23)30-16-18-12-20(32(37)38)14-22(26(18)34)28(4,5)6/h11-16,23-24,33-34H,7-10H2,1-6H3. The van der Waals surface area contributed by atoms with Crippen molar-refractivity contribution in [1.29, 1.82) is 0 Å². The lowest BCUT2D eigenvalue weighted by atomic mass is 9.84. The number of benzene rings is 2. The lowest BCUT2D eigenvalue weighted by Crippen LogP contribution is -2.27. The van der Waals surface area contributed by atoms with Crippen LogP contribution < -0.4 is 0 Å². The van der Waals surface area contributed by atoms with Crippen LogP contribution in [0.25, 0.3) is 0 Å². The Bertz CT molecular complexity index is 1190. The van der Waals surface area contributed by atoms with Gasteiger partial charge in [-0.3, -0.25) is 30.2 Å². The van der Waals surface area contributed by atoms with Gasteiger partial charge in [0, 0.05) is 58.9 Å². The highest BCUT2D eigenvalue weighted by Gasteiger charge is 2.27. The van der Waals surface area contributed by atoms with E-state index in [2.05, 4.69) is 9.98 Å². The molecule has 1 aliphatic rings. The second-order valence-corrected chi connectivity index (χ2v) is 11.9. The first-order valence-corrected chi connectivity index (χ1v) is 12.7. The molecule has 0 aliphatic heterocycles. The molecule has 10 heteroatoms. The predicted octanol–water partition coefficient (Wildman–Crippen LogP) is 6.36. The molecular weight excluding hydrogens is 488 g/mol. The van der Waals surface area contributed by atoms with Crippen molar-refractivity contribution in [2.24, 2.45) is 9.98 Å². The Morgan fingerprint density at radius 2 is 1.08 bits per heavy atom. The maximum atomic E-state index is 11.5. The fourth-order valence-corrected chi connectivity index (χ4v) is 4.62. The summed E-state index contributed by atoms with van der Waals surface area (Å²) in [7, 11) is 0. The van der Waals surface area contributed by atoms with E-state index in [9.17, 15) is 30.4 Å². The van der Waals surface area contributed by atoms with Crippen molar-refractivity contribution in [3.8, 4) is 11.5 Å². The first-order valence-electron chi connectivity index (χ1n) is 12.7. The number of phenols is 2. The molecule has 10 nitrogen and oxygen atoms in total. The van der Waals surface area contributed by atoms with Crippen molar-refractivity contribution in [2.75, 3.05) is 0 Å². The number of aliphatic imine (C=N–C) groups is 2. The smallest absolute Gasteiger partial charge is 0.270 e. The van der Waals surface area contributed by atoms with Crippen molar-refractivity contribution in [1.82, 2.24) is 0 Å². The molecule has 0 heterocycles. The molecule has 204 valence electrons. The molecule has 1 aliphatic carbocycles. The van der Waals surface area contributed by atoms with Crippen LogP contribution in [0.4, 0.5) is 11.4 Å². The van der Waals surface area contributed by atoms with E-state index in [1.807, 2.05) is 41.5 Å². The number of aromatic hydroxyl groups is 2. The molecule has 1 saturated carbocycles. The normalized spacial score (nSPS) is 18.8. The molecule has 0 spiro atoms. The van der Waals surface area contributed by atoms with Gasteiger partial charge < -0.3 is 10.2 Å². The van der Waals surface area contributed by atoms with Crippen LogP contribution in [0.1, 0.15) is 89.5 Å². The molecule has 0 aromatic heterocycles. The van der Waals surface area contributed by atoms with Crippen LogP contribution in [0.2, 0.25) is 0 Å². The highest BCUT2D eigenvalue weighted by atomic mass is 16.6. The Labute approximate surface area is 222 Å². The summed E-state index contributed by atoms with van der Waals surface area (Å²) in [6.45, 7) is 11.2. The molecule has 0 radical (unpaired) electrons. The molecular formula is C28H36N4O6. The van der Waals surface area contributed by atoms with E-state index < -0.39 is 20.7 Å². The van der Waals surface area contributed by atoms with Crippen molar-refractivity contribution >= 4 is 23.8 Å². The number of nitro groups is 2. The summed E-state index contributed by atoms with van der Waals surface area (Å²) < 4.78 is 0. The summed E-state index contributed by atoms with van der Waals surface area (Å²) in [5.74, 6) is -0.0853. The average molecular weight is 525 g/mol. The topological polar surface area (TPSA) is 151 Å². The molecule has 2 aromatic rings. The van der Waals surface area contributed by atoms with Gasteiger partial charge in [-0.25, -0.2) is 0 Å². The second-order valence-electron chi connectivity index (χ2n) is 11.9. The van der Waals surface area contributed by atoms with Gasteiger partial charge in [0.1, 0.15) is 11.5 Å². The molecule has 0 amide bonds. The minimum atomic E-state index is -0.511. The van der Waals surface area contributed by atoms with E-state index in [0.29, 0.717) is 11.1 Å². The van der Waals surface area contributed by atoms with Crippen LogP contribution in [-0.2, 0) is 10.8 Å². The average Bonchev–Trinajstić information content (AvgIpc) is 2.81. The Kier molecular flexibility index (Phi) is 8.24. The van der Waals surface area contributed by atoms with Gasteiger partial charge in [0.2, 0.25) is 0 Å². The van der Waals surface area contributed by atoms with Gasteiger partial charge in [0.15, 0.2) is 0 Å². The summed E-state index contributed by atoms with van der Waals surface area (Å²) in [5, 5.41) is 44.7. The van der Waals surface area contributed by atoms with Gasteiger partial charge in [-0.15, -0.1) is 0 Å². The molecule has 2 aromatic carbocycles. The minimum Gasteiger partial charge on any atom is -0.507 e. The van der Waals surface area contributed by atoms with Crippen LogP contribution in [0.5, 0.6) is 11.5 Å². The number of rotatable bonds is 6. The highest BCUT2D eigenvalue weighted by molar-refractivity contribution is 5.87. The fraction of sp³-hybridized carbons (Fsp3) is 0.500. The van der Waals surface area contributed by atoms with E-state index in [-0.39, 0.29) is 46.1 Å². The van der Waals surface area contributed by atoms with Crippen molar-refractivity contribution in [3.63, 3.8) is 0 Å². The molecule has 2 atom stereocenters. The molecule has 2 unspecified atom stereocenters. The van der Waals surface area contributed by atoms with Crippen LogP contribution >= 0.6 is 0 Å². The summed E-state index contributed by atoms with van der Waals surface area (Å²) in [6, 6.07) is 4.89. The molecule has 1 fully saturated rings. The third-order valence-electron chi connectivity index (χ3n) is 6.79. The Balaban J connectivity index is 1.97. The maximum Gasteiger partial charge on any atom is 0.270 e. The fourth-order valence-electron chi connectivity index (χ4n) is 4.62. The second kappa shape index (κ2) is 10.9. The molecule has 2 N–H and O–H groups in total. The predicted molar refractivity (Wildman–Crippen MR) is 148 cm³/mol. The molecule has 0 bridgehead atoms. The number of hydrogen-bond acceptors (Lipinski definition) is 8. The van der Waals surface area contributed by atoms with Crippen LogP contribution in [-0.4, -0.2) is 44.6 Å². The monoisotopic (exact) mass is 524 g/mol. The van der Waals surface area contributed by atoms with Gasteiger partial charge in [-0.05, 0) is 23.7 Å². The Morgan fingerprint density at radius 1 is 0.737 bits per heavy atom. The van der Waals surface area contributed by atoms with E-state index in [1.165, 1.54) is 36.7 Å². The molecule has 38 heavy (non-hydrogen) atoms. The zero-order valence-electron chi connectivity index (χ0n) is 22.8. The molecule has 3 rings (SSSR count). The van der Waals surface area contributed by atoms with Crippen molar-refractivity contribution in [2.45, 2.75) is 90.1 Å². The van der Waals surface area contributed by atoms with Gasteiger partial charge in [0.25, 0.3) is 11.4 Å². The number of phenolic OH excluding ortho intramolecular Hbond substituents is 2. The number of non-ortho nitro benzene ring substituents is 2. The van der Waals surface area contributed by atoms with Gasteiger partial charge in [-0.1, -0.05) is 54.4 Å². The van der Waals surface area contributed by atoms with Crippen molar-refractivity contribution < 1.29 is 20.1 Å². The quantitative estimate of drug-likeness (QED) is 0.255. The zero-order valence-corrected chi connectivity index (χ0v) is 22.8. The summed E-state index contributed by atoms with van der Waals surface area (Å²) >= 11 is 0. The third kappa shape index (κ3) is 6.54. The third-order valence-corrected chi connectivity index (χ3v) is 6.79. The van der Waals surface area contributed by atoms with E-state index in [1.54, 1.807) is 0 Å². The number of nitro benzene ring substituents is 2. The SMILES string of the molecule is CC(C)(C)c1cc([N+](=O)[O-])cc(C=NC2CCCCC2N=Cc2cc([N+](=O)[O-])cc(C(C)(C)C)c2O)c1O. The summed E-state index contributed by atoms with van der Waals surface area (Å²) in [6.07, 6.45) is 6.26. The van der Waals surface area contributed by atoms with Crippen LogP contribution in [0, 0.1) is 20.2 Å². The van der Waals surface area contributed by atoms with Gasteiger partial charge in [-0.2, -0.15) is 0 Å². The minimum absolute atomic E-state index is 0.0427. The summed E-state index contributed by atoms with van der Waals surface area (Å²) in [4.78, 5) is 31.3. The summed E-state index contributed by atoms with van der Waals surface area (Å²) in [5.41, 5.74) is 0.188. The Morgan fingerprint density at radius 3 is 1.37 bits per heavy atom. The highest BCUT2D eigenvalue weighted by Crippen LogP contribution is 2.37. The number of nitrogens with zero attached hydrogens (tertiary/aromatic N) is 4. The lowest BCUT2D eigenvalue weighted by molar-refractivity contribution is -0.385. The van der Waals surface area contributed by atoms with E-state index in [4.69, 9.17) is 0 Å². The lowest BCUT2D eigenvalue weighted by Gasteiger charge is -2.26. The van der Waals surface area contributed by atoms with Crippen molar-refractivity contribution in [3.05, 3.63) is 66.7 Å². The molecule has 0 saturated heterocycles. The maximum absolute atomic E-state index is 11.5. The van der Waals surface area contributed by atoms with Gasteiger partial charge >= 0.3 is 0 Å². The van der Waals surface area contributed by atoms with Crippen LogP contribution in [0.3, 0.4) is 0 Å².